The molecule has 19 heavy (non-hydrogen) atoms. The number of hydrogen-bond acceptors (Lipinski definition) is 1. The first-order valence-electron chi connectivity index (χ1n) is 5.86. The molecule has 0 spiro atoms. The van der Waals surface area contributed by atoms with Crippen LogP contribution in [0.15, 0.2) is 84.9 Å². The van der Waals surface area contributed by atoms with E-state index in [-0.39, 0.29) is 25.6 Å². The molecule has 0 N–H and O–H groups in total. The van der Waals surface area contributed by atoms with E-state index >= 15 is 0 Å². The molecule has 0 aliphatic rings. The molecule has 0 amide bonds. The minimum Gasteiger partial charge on any atom is -0.311 e. The van der Waals surface area contributed by atoms with Crippen molar-refractivity contribution in [2.45, 2.75) is 0 Å². The molecule has 0 aliphatic heterocycles. The summed E-state index contributed by atoms with van der Waals surface area (Å²) in [7, 11) is 0. The first kappa shape index (κ1) is 15.3. The number of ketones is 1. The fraction of sp³-hybridized carbons (Fsp3) is 0. The molecule has 0 heterocycles. The molecule has 0 radical (unpaired) electrons. The number of carbonyl (C=O) groups excluding carboxylic acids is 1. The molecule has 0 saturated heterocycles. The summed E-state index contributed by atoms with van der Waals surface area (Å²) >= 11 is 0. The van der Waals surface area contributed by atoms with E-state index in [9.17, 15) is 4.79 Å². The summed E-state index contributed by atoms with van der Waals surface area (Å²) in [6, 6.07) is 26.7. The van der Waals surface area contributed by atoms with Crippen molar-refractivity contribution in [1.82, 2.24) is 0 Å². The molecule has 1 nitrogen and oxygen atoms in total. The average molecular weight is 425 g/mol. The summed E-state index contributed by atoms with van der Waals surface area (Å²) in [6.45, 7) is 0. The first-order valence-corrected chi connectivity index (χ1v) is 5.86. The van der Waals surface area contributed by atoms with Gasteiger partial charge in [0.1, 0.15) is 5.78 Å². The molecule has 0 aromatic heterocycles. The van der Waals surface area contributed by atoms with Gasteiger partial charge in [-0.05, 0) is 0 Å². The largest absolute Gasteiger partial charge is 2.00 e. The van der Waals surface area contributed by atoms with Crippen molar-refractivity contribution in [1.29, 1.82) is 0 Å². The third-order valence-corrected chi connectivity index (χ3v) is 2.52. The van der Waals surface area contributed by atoms with Gasteiger partial charge in [0.2, 0.25) is 0 Å². The smallest absolute Gasteiger partial charge is 0.311 e. The van der Waals surface area contributed by atoms with Crippen molar-refractivity contribution >= 4 is 5.78 Å². The second kappa shape index (κ2) is 8.35. The Morgan fingerprint density at radius 2 is 1.42 bits per heavy atom. The minimum atomic E-state index is 0. The molecule has 0 atom stereocenters. The van der Waals surface area contributed by atoms with E-state index in [4.69, 9.17) is 0 Å². The van der Waals surface area contributed by atoms with Crippen LogP contribution in [0.25, 0.3) is 0 Å². The van der Waals surface area contributed by atoms with Crippen LogP contribution in [0.2, 0.25) is 0 Å². The molecule has 3 aromatic rings. The van der Waals surface area contributed by atoms with Crippen LogP contribution in [0.1, 0.15) is 15.9 Å². The van der Waals surface area contributed by atoms with E-state index in [0.29, 0.717) is 0 Å². The summed E-state index contributed by atoms with van der Waals surface area (Å²) in [5.74, 6) is 0.0885. The van der Waals surface area contributed by atoms with Crippen molar-refractivity contribution < 1.29 is 24.6 Å². The molecule has 0 fully saturated rings. The van der Waals surface area contributed by atoms with Crippen LogP contribution in [0.5, 0.6) is 0 Å². The predicted octanol–water partition coefficient (Wildman–Crippen LogP) is 4.04. The molecule has 0 saturated carbocycles. The van der Waals surface area contributed by atoms with Gasteiger partial charge in [0.25, 0.3) is 0 Å². The number of carbonyl (C=O) groups is 1. The van der Waals surface area contributed by atoms with Crippen LogP contribution < -0.4 is 0 Å². The van der Waals surface area contributed by atoms with Gasteiger partial charge in [-0.25, -0.2) is 12.1 Å². The van der Waals surface area contributed by atoms with Crippen molar-refractivity contribution in [2.75, 3.05) is 0 Å². The quantitative estimate of drug-likeness (QED) is 0.448. The van der Waals surface area contributed by atoms with E-state index in [2.05, 4.69) is 0 Å². The van der Waals surface area contributed by atoms with E-state index in [1.54, 1.807) is 0 Å². The Balaban J connectivity index is 0.000000256. The molecular formula is C17H14OOs. The predicted molar refractivity (Wildman–Crippen MR) is 73.9 cm³/mol. The minimum absolute atomic E-state index is 0. The Morgan fingerprint density at radius 1 is 0.842 bits per heavy atom. The second-order valence-corrected chi connectivity index (χ2v) is 3.83. The number of benzene rings is 1. The molecule has 0 bridgehead atoms. The maximum absolute atomic E-state index is 11.7. The van der Waals surface area contributed by atoms with Crippen LogP contribution in [-0.4, -0.2) is 5.78 Å². The molecule has 96 valence electrons. The Kier molecular flexibility index (Phi) is 6.72. The third-order valence-electron chi connectivity index (χ3n) is 2.52. The molecule has 2 heteroatoms. The van der Waals surface area contributed by atoms with Gasteiger partial charge in [-0.2, -0.15) is 30.3 Å². The first-order chi connectivity index (χ1) is 8.88. The number of rotatable bonds is 2. The monoisotopic (exact) mass is 426 g/mol. The topological polar surface area (TPSA) is 17.1 Å². The molecule has 0 aliphatic carbocycles. The zero-order valence-corrected chi connectivity index (χ0v) is 12.9. The van der Waals surface area contributed by atoms with Gasteiger partial charge in [-0.1, -0.05) is 41.5 Å². The Morgan fingerprint density at radius 3 is 1.89 bits per heavy atom. The van der Waals surface area contributed by atoms with Crippen LogP contribution >= 0.6 is 0 Å². The maximum atomic E-state index is 11.7. The van der Waals surface area contributed by atoms with Crippen LogP contribution in [-0.2, 0) is 19.8 Å². The van der Waals surface area contributed by atoms with Gasteiger partial charge >= 0.3 is 19.8 Å². The Labute approximate surface area is 126 Å². The van der Waals surface area contributed by atoms with E-state index < -0.39 is 0 Å². The molecule has 3 rings (SSSR count). The fourth-order valence-corrected chi connectivity index (χ4v) is 1.60. The van der Waals surface area contributed by atoms with Gasteiger partial charge in [0, 0.05) is 0 Å². The van der Waals surface area contributed by atoms with Crippen molar-refractivity contribution in [3.8, 4) is 0 Å². The van der Waals surface area contributed by atoms with E-state index in [1.807, 2.05) is 84.9 Å². The van der Waals surface area contributed by atoms with Crippen molar-refractivity contribution in [3.05, 3.63) is 96.1 Å². The SMILES string of the molecule is O=C(c1ccccc1)[c-]1cccc1.[Os+2].c1cc[cH-]c1. The standard InChI is InChI=1S/C12H9O.C5H5.Os/c13-12(11-8-4-5-9-11)10-6-2-1-3-7-10;1-2-4-5-3-1;/h1-9H;1-5H;/q2*-1;+2. The van der Waals surface area contributed by atoms with Gasteiger partial charge in [-0.15, -0.1) is 12.1 Å². The average Bonchev–Trinajstić information content (AvgIpc) is 3.14. The van der Waals surface area contributed by atoms with Crippen molar-refractivity contribution in [2.24, 2.45) is 0 Å². The fourth-order valence-electron chi connectivity index (χ4n) is 1.60. The summed E-state index contributed by atoms with van der Waals surface area (Å²) in [5, 5.41) is 0. The third kappa shape index (κ3) is 4.77. The Hall–Kier alpha value is -1.77. The van der Waals surface area contributed by atoms with Gasteiger partial charge < -0.3 is 4.79 Å². The van der Waals surface area contributed by atoms with Gasteiger partial charge in [0.05, 0.1) is 0 Å². The summed E-state index contributed by atoms with van der Waals surface area (Å²) < 4.78 is 0. The summed E-state index contributed by atoms with van der Waals surface area (Å²) in [4.78, 5) is 11.7. The van der Waals surface area contributed by atoms with Crippen LogP contribution in [0, 0.1) is 0 Å². The van der Waals surface area contributed by atoms with Crippen LogP contribution in [0.3, 0.4) is 0 Å². The van der Waals surface area contributed by atoms with E-state index in [0.717, 1.165) is 11.1 Å². The summed E-state index contributed by atoms with van der Waals surface area (Å²) in [6.07, 6.45) is 0. The zero-order valence-electron chi connectivity index (χ0n) is 10.3. The summed E-state index contributed by atoms with van der Waals surface area (Å²) in [5.41, 5.74) is 1.50. The molecule has 3 aromatic carbocycles. The Bertz CT molecular complexity index is 533. The van der Waals surface area contributed by atoms with Gasteiger partial charge in [-0.3, -0.25) is 0 Å². The van der Waals surface area contributed by atoms with Gasteiger partial charge in [0.15, 0.2) is 0 Å². The number of hydrogen-bond donors (Lipinski definition) is 0. The van der Waals surface area contributed by atoms with Crippen molar-refractivity contribution in [3.63, 3.8) is 0 Å². The van der Waals surface area contributed by atoms with E-state index in [1.165, 1.54) is 0 Å². The zero-order chi connectivity index (χ0) is 12.6. The molecule has 0 unspecified atom stereocenters. The maximum Gasteiger partial charge on any atom is 2.00 e. The normalized spacial score (nSPS) is 8.84. The second-order valence-electron chi connectivity index (χ2n) is 3.83. The van der Waals surface area contributed by atoms with Crippen LogP contribution in [0.4, 0.5) is 0 Å². The molecular weight excluding hydrogens is 410 g/mol.